The molecule has 2 atom stereocenters. The molecular weight excluding hydrogens is 428 g/mol. The Bertz CT molecular complexity index is 1100. The number of aliphatic hydroxyl groups excluding tert-OH is 1. The van der Waals surface area contributed by atoms with E-state index in [9.17, 15) is 14.7 Å². The normalized spacial score (nSPS) is 24.7. The number of aliphatic hydroxyl groups is 1. The van der Waals surface area contributed by atoms with E-state index in [1.54, 1.807) is 17.0 Å². The summed E-state index contributed by atoms with van der Waals surface area (Å²) in [6, 6.07) is 6.70. The second kappa shape index (κ2) is 8.26. The zero-order valence-corrected chi connectivity index (χ0v) is 19.0. The molecule has 1 aromatic carbocycles. The van der Waals surface area contributed by atoms with Gasteiger partial charge in [0.15, 0.2) is 0 Å². The third-order valence-electron chi connectivity index (χ3n) is 6.44. The van der Waals surface area contributed by atoms with Crippen LogP contribution in [0, 0.1) is 6.92 Å². The van der Waals surface area contributed by atoms with Crippen molar-refractivity contribution in [1.82, 2.24) is 4.90 Å². The molecule has 4 heterocycles. The Balaban J connectivity index is 1.61. The lowest BCUT2D eigenvalue weighted by molar-refractivity contribution is -0.140. The first-order valence-electron chi connectivity index (χ1n) is 10.9. The number of amides is 1. The van der Waals surface area contributed by atoms with Crippen molar-refractivity contribution in [3.05, 3.63) is 51.2 Å². The fraction of sp³-hybridized carbons (Fsp3) is 0.417. The molecule has 1 N–H and O–H groups in total. The summed E-state index contributed by atoms with van der Waals surface area (Å²) in [7, 11) is 1.96. The standard InChI is InChI=1S/C24H26N2O5S/c1-14-7-11-32-23(14)20-19(22(28)24(29)26(20)13-16-4-3-9-30-16)21(27)15-5-6-18-17(12-15)25(2)8-10-31-18/h5-7,11-12,16,20,27H,3-4,8-10,13H2,1-2H3/b21-19-. The number of ketones is 1. The quantitative estimate of drug-likeness (QED) is 0.433. The Kier molecular flexibility index (Phi) is 5.43. The number of fused-ring (bicyclic) bond motifs is 1. The number of ether oxygens (including phenoxy) is 2. The number of likely N-dealkylation sites (tertiary alicyclic amines) is 1. The molecule has 3 aliphatic heterocycles. The molecule has 0 aliphatic carbocycles. The second-order valence-corrected chi connectivity index (χ2v) is 9.45. The van der Waals surface area contributed by atoms with E-state index in [0.29, 0.717) is 25.3 Å². The number of carbonyl (C=O) groups is 2. The van der Waals surface area contributed by atoms with Crippen LogP contribution in [-0.4, -0.2) is 61.2 Å². The van der Waals surface area contributed by atoms with E-state index >= 15 is 0 Å². The Morgan fingerprint density at radius 3 is 2.81 bits per heavy atom. The maximum absolute atomic E-state index is 13.2. The van der Waals surface area contributed by atoms with Gasteiger partial charge in [0.25, 0.3) is 11.7 Å². The summed E-state index contributed by atoms with van der Waals surface area (Å²) >= 11 is 1.49. The molecule has 2 unspecified atom stereocenters. The van der Waals surface area contributed by atoms with E-state index in [1.165, 1.54) is 11.3 Å². The van der Waals surface area contributed by atoms with E-state index in [4.69, 9.17) is 9.47 Å². The zero-order chi connectivity index (χ0) is 22.4. The number of nitrogens with zero attached hydrogens (tertiary/aromatic N) is 2. The third kappa shape index (κ3) is 3.47. The Morgan fingerprint density at radius 1 is 1.25 bits per heavy atom. The fourth-order valence-electron chi connectivity index (χ4n) is 4.67. The van der Waals surface area contributed by atoms with Crippen LogP contribution in [0.2, 0.25) is 0 Å². The number of thiophene rings is 1. The van der Waals surface area contributed by atoms with Crippen molar-refractivity contribution in [1.29, 1.82) is 0 Å². The molecule has 0 radical (unpaired) electrons. The second-order valence-electron chi connectivity index (χ2n) is 8.51. The van der Waals surface area contributed by atoms with E-state index in [2.05, 4.69) is 0 Å². The van der Waals surface area contributed by atoms with Gasteiger partial charge in [-0.1, -0.05) is 0 Å². The van der Waals surface area contributed by atoms with Gasteiger partial charge in [-0.15, -0.1) is 11.3 Å². The highest BCUT2D eigenvalue weighted by Gasteiger charge is 2.48. The van der Waals surface area contributed by atoms with Crippen LogP contribution >= 0.6 is 11.3 Å². The zero-order valence-electron chi connectivity index (χ0n) is 18.2. The average molecular weight is 455 g/mol. The first kappa shape index (κ1) is 21.0. The monoisotopic (exact) mass is 454 g/mol. The maximum atomic E-state index is 13.2. The van der Waals surface area contributed by atoms with Crippen molar-refractivity contribution in [2.75, 3.05) is 38.3 Å². The number of Topliss-reactive ketones (excluding diaryl/α,β-unsaturated/α-hetero) is 1. The smallest absolute Gasteiger partial charge is 0.295 e. The van der Waals surface area contributed by atoms with Crippen LogP contribution in [0.4, 0.5) is 5.69 Å². The van der Waals surface area contributed by atoms with Gasteiger partial charge in [-0.2, -0.15) is 0 Å². The van der Waals surface area contributed by atoms with Gasteiger partial charge >= 0.3 is 0 Å². The predicted octanol–water partition coefficient (Wildman–Crippen LogP) is 3.49. The van der Waals surface area contributed by atoms with Crippen LogP contribution in [0.15, 0.2) is 35.2 Å². The number of anilines is 1. The number of hydrogen-bond acceptors (Lipinski definition) is 7. The highest BCUT2D eigenvalue weighted by Crippen LogP contribution is 2.44. The van der Waals surface area contributed by atoms with E-state index in [1.807, 2.05) is 36.4 Å². The lowest BCUT2D eigenvalue weighted by Crippen LogP contribution is -2.36. The van der Waals surface area contributed by atoms with Gasteiger partial charge in [0, 0.05) is 30.6 Å². The Morgan fingerprint density at radius 2 is 2.09 bits per heavy atom. The molecule has 8 heteroatoms. The minimum absolute atomic E-state index is 0.0921. The van der Waals surface area contributed by atoms with Crippen molar-refractivity contribution in [3.8, 4) is 5.75 Å². The molecule has 0 saturated carbocycles. The molecule has 1 aromatic heterocycles. The summed E-state index contributed by atoms with van der Waals surface area (Å²) in [5.41, 5.74) is 2.47. The molecule has 2 saturated heterocycles. The number of rotatable bonds is 4. The van der Waals surface area contributed by atoms with Gasteiger partial charge in [-0.3, -0.25) is 9.59 Å². The van der Waals surface area contributed by atoms with Crippen molar-refractivity contribution in [2.24, 2.45) is 0 Å². The van der Waals surface area contributed by atoms with Gasteiger partial charge < -0.3 is 24.4 Å². The molecule has 0 spiro atoms. The third-order valence-corrected chi connectivity index (χ3v) is 7.51. The van der Waals surface area contributed by atoms with Gasteiger partial charge in [-0.05, 0) is 55.0 Å². The minimum atomic E-state index is -0.652. The summed E-state index contributed by atoms with van der Waals surface area (Å²) in [6.45, 7) is 4.30. The highest BCUT2D eigenvalue weighted by atomic mass is 32.1. The van der Waals surface area contributed by atoms with Crippen LogP contribution in [-0.2, 0) is 14.3 Å². The van der Waals surface area contributed by atoms with Crippen molar-refractivity contribution in [3.63, 3.8) is 0 Å². The van der Waals surface area contributed by atoms with Crippen LogP contribution in [0.1, 0.15) is 34.9 Å². The van der Waals surface area contributed by atoms with Gasteiger partial charge in [-0.25, -0.2) is 0 Å². The largest absolute Gasteiger partial charge is 0.507 e. The summed E-state index contributed by atoms with van der Waals surface area (Å²) < 4.78 is 11.4. The first-order valence-corrected chi connectivity index (χ1v) is 11.8. The Labute approximate surface area is 190 Å². The van der Waals surface area contributed by atoms with Crippen molar-refractivity contribution < 1.29 is 24.2 Å². The summed E-state index contributed by atoms with van der Waals surface area (Å²) in [6.07, 6.45) is 1.71. The molecule has 2 fully saturated rings. The summed E-state index contributed by atoms with van der Waals surface area (Å²) in [5.74, 6) is -0.656. The molecule has 5 rings (SSSR count). The van der Waals surface area contributed by atoms with E-state index in [0.717, 1.165) is 41.3 Å². The number of likely N-dealkylation sites (N-methyl/N-ethyl adjacent to an activating group) is 1. The topological polar surface area (TPSA) is 79.3 Å². The highest BCUT2D eigenvalue weighted by molar-refractivity contribution is 7.10. The van der Waals surface area contributed by atoms with Crippen molar-refractivity contribution in [2.45, 2.75) is 31.9 Å². The predicted molar refractivity (Wildman–Crippen MR) is 122 cm³/mol. The van der Waals surface area contributed by atoms with Crippen LogP contribution < -0.4 is 9.64 Å². The van der Waals surface area contributed by atoms with E-state index < -0.39 is 17.7 Å². The number of carbonyl (C=O) groups excluding carboxylic acids is 2. The molecule has 0 bridgehead atoms. The van der Waals surface area contributed by atoms with Gasteiger partial charge in [0.1, 0.15) is 18.1 Å². The molecule has 168 valence electrons. The van der Waals surface area contributed by atoms with E-state index in [-0.39, 0.29) is 17.4 Å². The van der Waals surface area contributed by atoms with Crippen LogP contribution in [0.5, 0.6) is 5.75 Å². The lowest BCUT2D eigenvalue weighted by Gasteiger charge is -2.28. The fourth-order valence-corrected chi connectivity index (χ4v) is 5.71. The van der Waals surface area contributed by atoms with Crippen LogP contribution in [0.25, 0.3) is 5.76 Å². The SMILES string of the molecule is Cc1ccsc1C1/C(=C(/O)c2ccc3c(c2)N(C)CCO3)C(=O)C(=O)N1CC1CCCO1. The molecule has 1 amide bonds. The maximum Gasteiger partial charge on any atom is 0.295 e. The molecule has 7 nitrogen and oxygen atoms in total. The Hall–Kier alpha value is -2.84. The summed E-state index contributed by atoms with van der Waals surface area (Å²) in [4.78, 5) is 30.8. The number of hydrogen-bond donors (Lipinski definition) is 1. The molecule has 32 heavy (non-hydrogen) atoms. The molecule has 3 aliphatic rings. The van der Waals surface area contributed by atoms with Crippen LogP contribution in [0.3, 0.4) is 0 Å². The first-order chi connectivity index (χ1) is 15.5. The number of aryl methyl sites for hydroxylation is 1. The van der Waals surface area contributed by atoms with Crippen molar-refractivity contribution >= 4 is 34.5 Å². The van der Waals surface area contributed by atoms with Gasteiger partial charge in [0.2, 0.25) is 0 Å². The summed E-state index contributed by atoms with van der Waals surface area (Å²) in [5, 5.41) is 13.3. The molecule has 2 aromatic rings. The van der Waals surface area contributed by atoms with Gasteiger partial charge in [0.05, 0.1) is 30.0 Å². The minimum Gasteiger partial charge on any atom is -0.507 e. The number of benzene rings is 1. The lowest BCUT2D eigenvalue weighted by atomic mass is 9.97. The molecular formula is C24H26N2O5S. The average Bonchev–Trinajstić information content (AvgIpc) is 3.51.